The van der Waals surface area contributed by atoms with Crippen LogP contribution in [-0.2, 0) is 11.3 Å². The first-order valence-electron chi connectivity index (χ1n) is 5.35. The number of imidazole rings is 1. The molecule has 96 valence electrons. The third-order valence-electron chi connectivity index (χ3n) is 2.54. The number of hydrogen-bond acceptors (Lipinski definition) is 6. The van der Waals surface area contributed by atoms with Gasteiger partial charge in [0, 0.05) is 11.1 Å². The van der Waals surface area contributed by atoms with Crippen LogP contribution < -0.4 is 5.73 Å². The van der Waals surface area contributed by atoms with Gasteiger partial charge in [-0.3, -0.25) is 0 Å². The summed E-state index contributed by atoms with van der Waals surface area (Å²) >= 11 is 1.55. The van der Waals surface area contributed by atoms with Crippen molar-refractivity contribution in [3.8, 4) is 0 Å². The summed E-state index contributed by atoms with van der Waals surface area (Å²) in [6.07, 6.45) is 0. The smallest absolute Gasteiger partial charge is 0.360 e. The summed E-state index contributed by atoms with van der Waals surface area (Å²) < 4.78 is 6.39. The molecular weight excluding hydrogens is 252 g/mol. The fourth-order valence-electron chi connectivity index (χ4n) is 1.64. The number of nitrogens with two attached hydrogens (primary N) is 1. The molecule has 2 N–H and O–H groups in total. The third kappa shape index (κ3) is 2.21. The van der Waals surface area contributed by atoms with E-state index in [0.717, 1.165) is 10.7 Å². The molecular formula is C11H14N4O2S. The summed E-state index contributed by atoms with van der Waals surface area (Å²) in [5, 5.41) is 2.90. The van der Waals surface area contributed by atoms with Gasteiger partial charge in [0.25, 0.3) is 0 Å². The molecule has 0 bridgehead atoms. The van der Waals surface area contributed by atoms with Crippen LogP contribution in [0.3, 0.4) is 0 Å². The number of nitrogens with zero attached hydrogens (tertiary/aromatic N) is 3. The van der Waals surface area contributed by atoms with Crippen molar-refractivity contribution < 1.29 is 9.53 Å². The predicted octanol–water partition coefficient (Wildman–Crippen LogP) is 1.37. The highest BCUT2D eigenvalue weighted by molar-refractivity contribution is 7.09. The van der Waals surface area contributed by atoms with Gasteiger partial charge in [-0.2, -0.15) is 0 Å². The van der Waals surface area contributed by atoms with Gasteiger partial charge in [-0.15, -0.1) is 11.3 Å². The zero-order chi connectivity index (χ0) is 13.3. The van der Waals surface area contributed by atoms with Gasteiger partial charge in [0.05, 0.1) is 13.7 Å². The number of anilines is 1. The van der Waals surface area contributed by atoms with Gasteiger partial charge in [0.15, 0.2) is 5.69 Å². The molecule has 0 amide bonds. The number of nitrogen functional groups attached to an aromatic ring is 1. The Hall–Kier alpha value is -1.89. The van der Waals surface area contributed by atoms with Crippen LogP contribution in [0.4, 0.5) is 5.82 Å². The highest BCUT2D eigenvalue weighted by atomic mass is 32.1. The van der Waals surface area contributed by atoms with Crippen molar-refractivity contribution in [2.75, 3.05) is 12.8 Å². The molecule has 18 heavy (non-hydrogen) atoms. The summed E-state index contributed by atoms with van der Waals surface area (Å²) in [5.74, 6) is 0.456. The third-order valence-corrected chi connectivity index (χ3v) is 3.49. The van der Waals surface area contributed by atoms with Crippen molar-refractivity contribution in [2.45, 2.75) is 20.4 Å². The maximum atomic E-state index is 11.5. The molecule has 0 aliphatic carbocycles. The van der Waals surface area contributed by atoms with Gasteiger partial charge < -0.3 is 15.0 Å². The first kappa shape index (κ1) is 12.6. The SMILES string of the molecule is COC(=O)c1nc(C)n(Cc2nc(C)cs2)c1N. The van der Waals surface area contributed by atoms with Crippen LogP contribution in [0.25, 0.3) is 0 Å². The number of ether oxygens (including phenoxy) is 1. The number of hydrogen-bond donors (Lipinski definition) is 1. The minimum absolute atomic E-state index is 0.156. The molecule has 2 heterocycles. The average Bonchev–Trinajstić information content (AvgIpc) is 2.87. The molecule has 7 heteroatoms. The average molecular weight is 266 g/mol. The lowest BCUT2D eigenvalue weighted by Crippen LogP contribution is -2.09. The lowest BCUT2D eigenvalue weighted by molar-refractivity contribution is 0.0595. The Morgan fingerprint density at radius 3 is 2.78 bits per heavy atom. The quantitative estimate of drug-likeness (QED) is 0.848. The standard InChI is InChI=1S/C11H14N4O2S/c1-6-5-18-8(13-6)4-15-7(2)14-9(10(15)12)11(16)17-3/h5H,4,12H2,1-3H3. The van der Waals surface area contributed by atoms with Gasteiger partial charge in [0.2, 0.25) is 0 Å². The number of carbonyl (C=O) groups is 1. The van der Waals surface area contributed by atoms with E-state index in [1.807, 2.05) is 12.3 Å². The predicted molar refractivity (Wildman–Crippen MR) is 68.7 cm³/mol. The van der Waals surface area contributed by atoms with E-state index in [-0.39, 0.29) is 5.69 Å². The summed E-state index contributed by atoms with van der Waals surface area (Å²) in [6, 6.07) is 0. The lowest BCUT2D eigenvalue weighted by Gasteiger charge is -2.04. The summed E-state index contributed by atoms with van der Waals surface area (Å²) in [6.45, 7) is 4.24. The Bertz CT molecular complexity index is 588. The normalized spacial score (nSPS) is 10.6. The number of aryl methyl sites for hydroxylation is 2. The number of methoxy groups -OCH3 is 1. The Balaban J connectivity index is 2.34. The molecule has 0 saturated heterocycles. The van der Waals surface area contributed by atoms with Crippen LogP contribution in [-0.4, -0.2) is 27.6 Å². The van der Waals surface area contributed by atoms with Crippen LogP contribution in [0.2, 0.25) is 0 Å². The molecule has 0 fully saturated rings. The van der Waals surface area contributed by atoms with Gasteiger partial charge >= 0.3 is 5.97 Å². The van der Waals surface area contributed by atoms with Gasteiger partial charge in [-0.05, 0) is 13.8 Å². The van der Waals surface area contributed by atoms with E-state index in [2.05, 4.69) is 14.7 Å². The fourth-order valence-corrected chi connectivity index (χ4v) is 2.40. The maximum absolute atomic E-state index is 11.5. The molecule has 0 unspecified atom stereocenters. The summed E-state index contributed by atoms with van der Waals surface area (Å²) in [7, 11) is 1.31. The molecule has 2 rings (SSSR count). The van der Waals surface area contributed by atoms with Gasteiger partial charge in [0.1, 0.15) is 16.6 Å². The Labute approximate surface area is 108 Å². The Morgan fingerprint density at radius 2 is 2.22 bits per heavy atom. The number of rotatable bonds is 3. The number of carbonyl (C=O) groups excluding carboxylic acids is 1. The van der Waals surface area contributed by atoms with Crippen molar-refractivity contribution in [1.29, 1.82) is 0 Å². The monoisotopic (exact) mass is 266 g/mol. The minimum atomic E-state index is -0.523. The zero-order valence-electron chi connectivity index (χ0n) is 10.4. The van der Waals surface area contributed by atoms with Crippen molar-refractivity contribution in [3.63, 3.8) is 0 Å². The molecule has 2 aromatic heterocycles. The molecule has 6 nitrogen and oxygen atoms in total. The van der Waals surface area contributed by atoms with Crippen molar-refractivity contribution >= 4 is 23.1 Å². The second-order valence-corrected chi connectivity index (χ2v) is 4.80. The molecule has 0 aromatic carbocycles. The van der Waals surface area contributed by atoms with Gasteiger partial charge in [-0.1, -0.05) is 0 Å². The molecule has 0 spiro atoms. The largest absolute Gasteiger partial charge is 0.464 e. The fraction of sp³-hybridized carbons (Fsp3) is 0.364. The van der Waals surface area contributed by atoms with Crippen LogP contribution in [0, 0.1) is 13.8 Å². The van der Waals surface area contributed by atoms with E-state index < -0.39 is 5.97 Å². The molecule has 0 saturated carbocycles. The highest BCUT2D eigenvalue weighted by Gasteiger charge is 2.19. The zero-order valence-corrected chi connectivity index (χ0v) is 11.2. The van der Waals surface area contributed by atoms with Crippen molar-refractivity contribution in [2.24, 2.45) is 0 Å². The van der Waals surface area contributed by atoms with Crippen LogP contribution in [0.15, 0.2) is 5.38 Å². The first-order chi connectivity index (χ1) is 8.52. The maximum Gasteiger partial charge on any atom is 0.360 e. The summed E-state index contributed by atoms with van der Waals surface area (Å²) in [5.41, 5.74) is 7.04. The van der Waals surface area contributed by atoms with E-state index in [4.69, 9.17) is 5.73 Å². The van der Waals surface area contributed by atoms with E-state index in [1.54, 1.807) is 22.8 Å². The number of esters is 1. The van der Waals surface area contributed by atoms with E-state index >= 15 is 0 Å². The minimum Gasteiger partial charge on any atom is -0.464 e. The van der Waals surface area contributed by atoms with Crippen molar-refractivity contribution in [1.82, 2.24) is 14.5 Å². The van der Waals surface area contributed by atoms with Crippen LogP contribution >= 0.6 is 11.3 Å². The molecule has 0 radical (unpaired) electrons. The topological polar surface area (TPSA) is 83.0 Å². The van der Waals surface area contributed by atoms with Gasteiger partial charge in [-0.25, -0.2) is 14.8 Å². The molecule has 2 aromatic rings. The lowest BCUT2D eigenvalue weighted by atomic mass is 10.4. The Morgan fingerprint density at radius 1 is 1.50 bits per heavy atom. The summed E-state index contributed by atoms with van der Waals surface area (Å²) in [4.78, 5) is 20.0. The van der Waals surface area contributed by atoms with Crippen molar-refractivity contribution in [3.05, 3.63) is 27.6 Å². The second kappa shape index (κ2) is 4.77. The number of aromatic nitrogens is 3. The number of thiazole rings is 1. The highest BCUT2D eigenvalue weighted by Crippen LogP contribution is 2.18. The second-order valence-electron chi connectivity index (χ2n) is 3.85. The first-order valence-corrected chi connectivity index (χ1v) is 6.22. The van der Waals surface area contributed by atoms with E-state index in [9.17, 15) is 4.79 Å². The van der Waals surface area contributed by atoms with Crippen LogP contribution in [0.1, 0.15) is 27.0 Å². The Kier molecular flexibility index (Phi) is 3.33. The van der Waals surface area contributed by atoms with Crippen LogP contribution in [0.5, 0.6) is 0 Å². The van der Waals surface area contributed by atoms with E-state index in [0.29, 0.717) is 18.2 Å². The molecule has 0 aliphatic rings. The van der Waals surface area contributed by atoms with E-state index in [1.165, 1.54) is 7.11 Å². The molecule has 0 atom stereocenters. The molecule has 0 aliphatic heterocycles.